The summed E-state index contributed by atoms with van der Waals surface area (Å²) in [7, 11) is 0. The Morgan fingerprint density at radius 3 is 2.06 bits per heavy atom. The van der Waals surface area contributed by atoms with Gasteiger partial charge >= 0.3 is 0 Å². The van der Waals surface area contributed by atoms with E-state index in [1.165, 1.54) is 0 Å². The van der Waals surface area contributed by atoms with Crippen molar-refractivity contribution in [1.29, 1.82) is 0 Å². The molecule has 17 heavy (non-hydrogen) atoms. The molecule has 0 rings (SSSR count). The molecule has 0 fully saturated rings. The van der Waals surface area contributed by atoms with E-state index >= 15 is 0 Å². The molecule has 0 spiro atoms. The maximum Gasteiger partial charge on any atom is 0.0781 e. The number of aliphatic hydroxyl groups excluding tert-OH is 1. The lowest BCUT2D eigenvalue weighted by Gasteiger charge is -2.17. The van der Waals surface area contributed by atoms with Crippen LogP contribution in [0, 0.1) is 0 Å². The Kier molecular flexibility index (Phi) is 10.9. The van der Waals surface area contributed by atoms with Crippen LogP contribution in [0.25, 0.3) is 0 Å². The summed E-state index contributed by atoms with van der Waals surface area (Å²) in [5.74, 6) is 0. The third-order valence-electron chi connectivity index (χ3n) is 2.23. The Hall–Kier alpha value is -0.160. The highest BCUT2D eigenvalue weighted by Crippen LogP contribution is 1.99. The summed E-state index contributed by atoms with van der Waals surface area (Å²) in [5, 5.41) is 9.05. The van der Waals surface area contributed by atoms with Gasteiger partial charge in [0, 0.05) is 6.61 Å². The van der Waals surface area contributed by atoms with Crippen molar-refractivity contribution < 1.29 is 19.3 Å². The number of hydrogen-bond acceptors (Lipinski definition) is 4. The minimum atomic E-state index is -0.422. The fraction of sp³-hybridized carbons (Fsp3) is 1.00. The summed E-state index contributed by atoms with van der Waals surface area (Å²) >= 11 is 0. The standard InChI is InChI=1S/C13H28O4/c1-5-6-7-16-12(3)9-15-10-13(4)17-8-11(2)14/h11-14H,5-10H2,1-4H3. The number of rotatable bonds is 11. The molecule has 3 atom stereocenters. The predicted molar refractivity (Wildman–Crippen MR) is 68.2 cm³/mol. The first kappa shape index (κ1) is 16.8. The van der Waals surface area contributed by atoms with Gasteiger partial charge in [-0.05, 0) is 27.2 Å². The van der Waals surface area contributed by atoms with Gasteiger partial charge in [-0.1, -0.05) is 13.3 Å². The van der Waals surface area contributed by atoms with Crippen molar-refractivity contribution in [2.75, 3.05) is 26.4 Å². The fourth-order valence-electron chi connectivity index (χ4n) is 1.23. The van der Waals surface area contributed by atoms with Gasteiger partial charge in [-0.15, -0.1) is 0 Å². The van der Waals surface area contributed by atoms with Gasteiger partial charge in [0.05, 0.1) is 38.1 Å². The van der Waals surface area contributed by atoms with Crippen molar-refractivity contribution in [3.8, 4) is 0 Å². The summed E-state index contributed by atoms with van der Waals surface area (Å²) in [6, 6.07) is 0. The molecule has 0 aliphatic heterocycles. The lowest BCUT2D eigenvalue weighted by atomic mass is 10.3. The molecule has 0 bridgehead atoms. The molecule has 0 heterocycles. The van der Waals surface area contributed by atoms with Crippen LogP contribution in [0.15, 0.2) is 0 Å². The van der Waals surface area contributed by atoms with E-state index in [9.17, 15) is 0 Å². The Morgan fingerprint density at radius 2 is 1.53 bits per heavy atom. The summed E-state index contributed by atoms with van der Waals surface area (Å²) in [6.45, 7) is 10.1. The van der Waals surface area contributed by atoms with Crippen molar-refractivity contribution in [2.45, 2.75) is 58.8 Å². The molecule has 0 aliphatic rings. The molecular formula is C13H28O4. The first-order chi connectivity index (χ1) is 8.06. The monoisotopic (exact) mass is 248 g/mol. The minimum absolute atomic E-state index is 0.00689. The van der Waals surface area contributed by atoms with Gasteiger partial charge in [0.2, 0.25) is 0 Å². The van der Waals surface area contributed by atoms with E-state index < -0.39 is 6.10 Å². The molecule has 4 heteroatoms. The molecule has 3 unspecified atom stereocenters. The van der Waals surface area contributed by atoms with Gasteiger partial charge in [0.1, 0.15) is 0 Å². The highest BCUT2D eigenvalue weighted by atomic mass is 16.6. The molecule has 0 aromatic heterocycles. The summed E-state index contributed by atoms with van der Waals surface area (Å²) < 4.78 is 16.4. The van der Waals surface area contributed by atoms with Crippen LogP contribution in [0.1, 0.15) is 40.5 Å². The topological polar surface area (TPSA) is 47.9 Å². The van der Waals surface area contributed by atoms with E-state index in [2.05, 4.69) is 6.92 Å². The van der Waals surface area contributed by atoms with Crippen molar-refractivity contribution in [1.82, 2.24) is 0 Å². The summed E-state index contributed by atoms with van der Waals surface area (Å²) in [5.41, 5.74) is 0. The number of ether oxygens (including phenoxy) is 3. The van der Waals surface area contributed by atoms with E-state index in [1.54, 1.807) is 6.92 Å². The molecule has 4 nitrogen and oxygen atoms in total. The molecule has 104 valence electrons. The minimum Gasteiger partial charge on any atom is -0.391 e. The average molecular weight is 248 g/mol. The SMILES string of the molecule is CCCCOC(C)COCC(C)OCC(C)O. The van der Waals surface area contributed by atoms with Gasteiger partial charge in [0.25, 0.3) is 0 Å². The zero-order chi connectivity index (χ0) is 13.1. The van der Waals surface area contributed by atoms with Crippen LogP contribution in [-0.4, -0.2) is 49.8 Å². The fourth-order valence-corrected chi connectivity index (χ4v) is 1.23. The highest BCUT2D eigenvalue weighted by Gasteiger charge is 2.07. The summed E-state index contributed by atoms with van der Waals surface area (Å²) in [4.78, 5) is 0. The summed E-state index contributed by atoms with van der Waals surface area (Å²) in [6.07, 6.45) is 1.96. The molecule has 0 aliphatic carbocycles. The first-order valence-corrected chi connectivity index (χ1v) is 6.55. The van der Waals surface area contributed by atoms with Crippen molar-refractivity contribution >= 4 is 0 Å². The second-order valence-corrected chi connectivity index (χ2v) is 4.57. The third kappa shape index (κ3) is 12.1. The van der Waals surface area contributed by atoms with Crippen LogP contribution < -0.4 is 0 Å². The molecular weight excluding hydrogens is 220 g/mol. The smallest absolute Gasteiger partial charge is 0.0781 e. The van der Waals surface area contributed by atoms with Crippen LogP contribution in [0.4, 0.5) is 0 Å². The lowest BCUT2D eigenvalue weighted by Crippen LogP contribution is -2.24. The van der Waals surface area contributed by atoms with Crippen molar-refractivity contribution in [3.05, 3.63) is 0 Å². The zero-order valence-corrected chi connectivity index (χ0v) is 11.6. The maximum absolute atomic E-state index is 9.05. The molecule has 0 amide bonds. The van der Waals surface area contributed by atoms with Crippen molar-refractivity contribution in [3.63, 3.8) is 0 Å². The normalized spacial score (nSPS) is 16.8. The number of unbranched alkanes of at least 4 members (excludes halogenated alkanes) is 1. The van der Waals surface area contributed by atoms with E-state index in [0.29, 0.717) is 19.8 Å². The second kappa shape index (κ2) is 11.0. The number of hydrogen-bond donors (Lipinski definition) is 1. The van der Waals surface area contributed by atoms with Crippen LogP contribution in [-0.2, 0) is 14.2 Å². The van der Waals surface area contributed by atoms with E-state index in [1.807, 2.05) is 13.8 Å². The second-order valence-electron chi connectivity index (χ2n) is 4.57. The van der Waals surface area contributed by atoms with Crippen LogP contribution in [0.2, 0.25) is 0 Å². The molecule has 0 saturated heterocycles. The largest absolute Gasteiger partial charge is 0.391 e. The van der Waals surface area contributed by atoms with E-state index in [0.717, 1.165) is 19.4 Å². The van der Waals surface area contributed by atoms with Crippen LogP contribution in [0.5, 0.6) is 0 Å². The van der Waals surface area contributed by atoms with Crippen molar-refractivity contribution in [2.24, 2.45) is 0 Å². The first-order valence-electron chi connectivity index (χ1n) is 6.55. The van der Waals surface area contributed by atoms with E-state index in [4.69, 9.17) is 19.3 Å². The Bertz CT molecular complexity index is 161. The zero-order valence-electron chi connectivity index (χ0n) is 11.6. The van der Waals surface area contributed by atoms with Crippen LogP contribution >= 0.6 is 0 Å². The quantitative estimate of drug-likeness (QED) is 0.568. The van der Waals surface area contributed by atoms with Gasteiger partial charge in [-0.25, -0.2) is 0 Å². The predicted octanol–water partition coefficient (Wildman–Crippen LogP) is 1.99. The van der Waals surface area contributed by atoms with Gasteiger partial charge in [-0.2, -0.15) is 0 Å². The molecule has 1 N–H and O–H groups in total. The Morgan fingerprint density at radius 1 is 0.941 bits per heavy atom. The maximum atomic E-state index is 9.05. The van der Waals surface area contributed by atoms with Gasteiger partial charge in [-0.3, -0.25) is 0 Å². The van der Waals surface area contributed by atoms with Gasteiger partial charge in [0.15, 0.2) is 0 Å². The molecule has 0 saturated carbocycles. The number of aliphatic hydroxyl groups is 1. The van der Waals surface area contributed by atoms with E-state index in [-0.39, 0.29) is 12.2 Å². The average Bonchev–Trinajstić information content (AvgIpc) is 2.27. The Labute approximate surface area is 105 Å². The third-order valence-corrected chi connectivity index (χ3v) is 2.23. The lowest BCUT2D eigenvalue weighted by molar-refractivity contribution is -0.0607. The molecule has 0 radical (unpaired) electrons. The molecule has 0 aromatic rings. The highest BCUT2D eigenvalue weighted by molar-refractivity contribution is 4.53. The van der Waals surface area contributed by atoms with Gasteiger partial charge < -0.3 is 19.3 Å². The Balaban J connectivity index is 3.35. The van der Waals surface area contributed by atoms with Crippen LogP contribution in [0.3, 0.4) is 0 Å². The molecule has 0 aromatic carbocycles.